The van der Waals surface area contributed by atoms with E-state index in [2.05, 4.69) is 10.8 Å². The molecule has 0 aromatic rings. The van der Waals surface area contributed by atoms with E-state index in [0.717, 1.165) is 24.0 Å². The number of carbonyl (C=O) groups is 1. The highest BCUT2D eigenvalue weighted by Gasteiger charge is 2.06. The van der Waals surface area contributed by atoms with Gasteiger partial charge in [0, 0.05) is 5.57 Å². The summed E-state index contributed by atoms with van der Waals surface area (Å²) in [5, 5.41) is 0. The van der Waals surface area contributed by atoms with E-state index in [9.17, 15) is 4.79 Å². The molecule has 0 aliphatic rings. The number of hydrogen-bond acceptors (Lipinski definition) is 2. The van der Waals surface area contributed by atoms with Crippen molar-refractivity contribution < 1.29 is 9.53 Å². The van der Waals surface area contributed by atoms with Crippen molar-refractivity contribution in [2.45, 2.75) is 33.6 Å². The average molecular weight is 182 g/mol. The zero-order valence-corrected chi connectivity index (χ0v) is 8.89. The second-order valence-electron chi connectivity index (χ2n) is 3.00. The highest BCUT2D eigenvalue weighted by molar-refractivity contribution is 5.88. The van der Waals surface area contributed by atoms with Crippen molar-refractivity contribution in [2.24, 2.45) is 0 Å². The fraction of sp³-hybridized carbons (Fsp3) is 0.545. The van der Waals surface area contributed by atoms with Crippen molar-refractivity contribution >= 4 is 5.97 Å². The Morgan fingerprint density at radius 2 is 2.00 bits per heavy atom. The van der Waals surface area contributed by atoms with E-state index < -0.39 is 0 Å². The summed E-state index contributed by atoms with van der Waals surface area (Å²) in [5.41, 5.74) is 1.83. The summed E-state index contributed by atoms with van der Waals surface area (Å²) in [6.45, 7) is 5.76. The molecule has 0 atom stereocenters. The first kappa shape index (κ1) is 11.9. The molecule has 0 fully saturated rings. The van der Waals surface area contributed by atoms with Crippen LogP contribution in [0.4, 0.5) is 0 Å². The van der Waals surface area contributed by atoms with Crippen LogP contribution in [-0.4, -0.2) is 13.1 Å². The quantitative estimate of drug-likeness (QED) is 0.379. The van der Waals surface area contributed by atoms with Gasteiger partial charge in [-0.15, -0.1) is 0 Å². The molecule has 74 valence electrons. The van der Waals surface area contributed by atoms with Crippen LogP contribution in [0.25, 0.3) is 0 Å². The molecule has 0 radical (unpaired) electrons. The molecule has 0 heterocycles. The lowest BCUT2D eigenvalue weighted by Gasteiger charge is -2.04. The van der Waals surface area contributed by atoms with Gasteiger partial charge < -0.3 is 4.74 Å². The highest BCUT2D eigenvalue weighted by Crippen LogP contribution is 2.11. The monoisotopic (exact) mass is 182 g/mol. The van der Waals surface area contributed by atoms with E-state index in [0.29, 0.717) is 0 Å². The summed E-state index contributed by atoms with van der Waals surface area (Å²) in [6, 6.07) is 0. The largest absolute Gasteiger partial charge is 0.466 e. The third-order valence-corrected chi connectivity index (χ3v) is 2.05. The predicted octanol–water partition coefficient (Wildman–Crippen LogP) is 2.85. The lowest BCUT2D eigenvalue weighted by molar-refractivity contribution is -0.136. The SMILES string of the molecule is CC=CCCC(C)=C(C)C(=O)OC. The molecule has 0 aliphatic carbocycles. The van der Waals surface area contributed by atoms with E-state index in [1.807, 2.05) is 19.9 Å². The van der Waals surface area contributed by atoms with Crippen LogP contribution >= 0.6 is 0 Å². The first-order chi connectivity index (χ1) is 6.13. The van der Waals surface area contributed by atoms with Crippen molar-refractivity contribution in [2.75, 3.05) is 7.11 Å². The molecule has 0 aliphatic heterocycles. The minimum absolute atomic E-state index is 0.224. The van der Waals surface area contributed by atoms with Gasteiger partial charge in [-0.25, -0.2) is 4.79 Å². The molecule has 0 unspecified atom stereocenters. The Kier molecular flexibility index (Phi) is 5.94. The minimum atomic E-state index is -0.224. The van der Waals surface area contributed by atoms with Gasteiger partial charge in [0.15, 0.2) is 0 Å². The molecule has 0 amide bonds. The van der Waals surface area contributed by atoms with Gasteiger partial charge >= 0.3 is 5.97 Å². The van der Waals surface area contributed by atoms with Crippen LogP contribution in [0.2, 0.25) is 0 Å². The summed E-state index contributed by atoms with van der Waals surface area (Å²) < 4.78 is 4.62. The third-order valence-electron chi connectivity index (χ3n) is 2.05. The van der Waals surface area contributed by atoms with E-state index >= 15 is 0 Å². The summed E-state index contributed by atoms with van der Waals surface area (Å²) in [7, 11) is 1.41. The summed E-state index contributed by atoms with van der Waals surface area (Å²) >= 11 is 0. The lowest BCUT2D eigenvalue weighted by Crippen LogP contribution is -2.03. The topological polar surface area (TPSA) is 26.3 Å². The predicted molar refractivity (Wildman–Crippen MR) is 54.4 cm³/mol. The van der Waals surface area contributed by atoms with E-state index in [1.165, 1.54) is 7.11 Å². The number of rotatable bonds is 4. The van der Waals surface area contributed by atoms with Gasteiger partial charge in [0.2, 0.25) is 0 Å². The van der Waals surface area contributed by atoms with E-state index in [4.69, 9.17) is 0 Å². The molecular weight excluding hydrogens is 164 g/mol. The van der Waals surface area contributed by atoms with E-state index in [1.54, 1.807) is 6.92 Å². The molecule has 0 bridgehead atoms. The molecular formula is C11H18O2. The minimum Gasteiger partial charge on any atom is -0.466 e. The van der Waals surface area contributed by atoms with Crippen LogP contribution in [0.15, 0.2) is 23.3 Å². The number of hydrogen-bond donors (Lipinski definition) is 0. The Bertz CT molecular complexity index is 224. The summed E-state index contributed by atoms with van der Waals surface area (Å²) in [5.74, 6) is -0.224. The average Bonchev–Trinajstić information content (AvgIpc) is 2.15. The highest BCUT2D eigenvalue weighted by atomic mass is 16.5. The summed E-state index contributed by atoms with van der Waals surface area (Å²) in [4.78, 5) is 11.1. The van der Waals surface area contributed by atoms with Crippen LogP contribution in [0.5, 0.6) is 0 Å². The maximum atomic E-state index is 11.1. The molecule has 0 rings (SSSR count). The third kappa shape index (κ3) is 4.51. The fourth-order valence-electron chi connectivity index (χ4n) is 0.981. The Hall–Kier alpha value is -1.05. The number of esters is 1. The first-order valence-corrected chi connectivity index (χ1v) is 4.49. The molecule has 0 N–H and O–H groups in total. The van der Waals surface area contributed by atoms with Gasteiger partial charge in [-0.1, -0.05) is 17.7 Å². The second kappa shape index (κ2) is 6.46. The van der Waals surface area contributed by atoms with Crippen LogP contribution < -0.4 is 0 Å². The lowest BCUT2D eigenvalue weighted by atomic mass is 10.1. The van der Waals surface area contributed by atoms with Crippen LogP contribution in [0.1, 0.15) is 33.6 Å². The molecule has 0 aromatic carbocycles. The number of ether oxygens (including phenoxy) is 1. The second-order valence-corrected chi connectivity index (χ2v) is 3.00. The fourth-order valence-corrected chi connectivity index (χ4v) is 0.981. The molecule has 0 saturated carbocycles. The normalized spacial score (nSPS) is 12.9. The Morgan fingerprint density at radius 1 is 1.38 bits per heavy atom. The Balaban J connectivity index is 4.18. The van der Waals surface area contributed by atoms with Gasteiger partial charge in [0.25, 0.3) is 0 Å². The van der Waals surface area contributed by atoms with Gasteiger partial charge in [-0.05, 0) is 33.6 Å². The summed E-state index contributed by atoms with van der Waals surface area (Å²) in [6.07, 6.45) is 6.01. The maximum absolute atomic E-state index is 11.1. The maximum Gasteiger partial charge on any atom is 0.333 e. The van der Waals surface area contributed by atoms with Crippen LogP contribution in [0, 0.1) is 0 Å². The number of methoxy groups -OCH3 is 1. The standard InChI is InChI=1S/C11H18O2/c1-5-6-7-8-9(2)10(3)11(12)13-4/h5-6H,7-8H2,1-4H3. The molecule has 13 heavy (non-hydrogen) atoms. The van der Waals surface area contributed by atoms with Crippen molar-refractivity contribution in [3.63, 3.8) is 0 Å². The first-order valence-electron chi connectivity index (χ1n) is 4.49. The van der Waals surface area contributed by atoms with Crippen LogP contribution in [-0.2, 0) is 9.53 Å². The number of carbonyl (C=O) groups excluding carboxylic acids is 1. The molecule has 0 saturated heterocycles. The van der Waals surface area contributed by atoms with E-state index in [-0.39, 0.29) is 5.97 Å². The zero-order valence-electron chi connectivity index (χ0n) is 8.89. The molecule has 0 spiro atoms. The number of allylic oxidation sites excluding steroid dienone is 3. The Labute approximate surface area is 80.3 Å². The van der Waals surface area contributed by atoms with Crippen molar-refractivity contribution in [3.8, 4) is 0 Å². The van der Waals surface area contributed by atoms with Crippen molar-refractivity contribution in [3.05, 3.63) is 23.3 Å². The molecule has 0 aromatic heterocycles. The van der Waals surface area contributed by atoms with Crippen LogP contribution in [0.3, 0.4) is 0 Å². The molecule has 2 nitrogen and oxygen atoms in total. The zero-order chi connectivity index (χ0) is 10.3. The smallest absolute Gasteiger partial charge is 0.333 e. The van der Waals surface area contributed by atoms with Crippen molar-refractivity contribution in [1.82, 2.24) is 0 Å². The Morgan fingerprint density at radius 3 is 2.46 bits per heavy atom. The van der Waals surface area contributed by atoms with Gasteiger partial charge in [-0.2, -0.15) is 0 Å². The van der Waals surface area contributed by atoms with Gasteiger partial charge in [0.1, 0.15) is 0 Å². The van der Waals surface area contributed by atoms with Gasteiger partial charge in [0.05, 0.1) is 7.11 Å². The van der Waals surface area contributed by atoms with Gasteiger partial charge in [-0.3, -0.25) is 0 Å². The molecule has 2 heteroatoms. The van der Waals surface area contributed by atoms with Crippen molar-refractivity contribution in [1.29, 1.82) is 0 Å².